The number of hydrogen-bond donors (Lipinski definition) is 0. The summed E-state index contributed by atoms with van der Waals surface area (Å²) in [5.74, 6) is 0.764. The Morgan fingerprint density at radius 3 is 3.00 bits per heavy atom. The second-order valence-corrected chi connectivity index (χ2v) is 1.16. The van der Waals surface area contributed by atoms with Crippen molar-refractivity contribution in [3.05, 3.63) is 30.7 Å². The van der Waals surface area contributed by atoms with Crippen LogP contribution in [0.25, 0.3) is 6.08 Å². The van der Waals surface area contributed by atoms with Gasteiger partial charge in [-0.05, 0) is 18.2 Å². The summed E-state index contributed by atoms with van der Waals surface area (Å²) in [5.41, 5.74) is 0. The topological polar surface area (TPSA) is 13.1 Å². The van der Waals surface area contributed by atoms with Crippen molar-refractivity contribution in [3.63, 3.8) is 0 Å². The zero-order chi connectivity index (χ0) is 5.11. The van der Waals surface area contributed by atoms with Gasteiger partial charge in [-0.3, -0.25) is 0 Å². The van der Waals surface area contributed by atoms with Gasteiger partial charge in [-0.15, -0.1) is 0 Å². The second-order valence-electron chi connectivity index (χ2n) is 1.16. The Labute approximate surface area is 42.3 Å². The van der Waals surface area contributed by atoms with Gasteiger partial charge in [0.2, 0.25) is 0 Å². The molecule has 1 heteroatoms. The predicted molar refractivity (Wildman–Crippen MR) is 27.6 cm³/mol. The number of hydrogen-bond acceptors (Lipinski definition) is 1. The molecule has 1 rings (SSSR count). The minimum atomic E-state index is 0.764. The summed E-state index contributed by atoms with van der Waals surface area (Å²) in [6.45, 7) is 3.49. The van der Waals surface area contributed by atoms with Gasteiger partial charge in [0.15, 0.2) is 6.26 Å². The van der Waals surface area contributed by atoms with Crippen LogP contribution in [0.1, 0.15) is 5.76 Å². The van der Waals surface area contributed by atoms with Crippen molar-refractivity contribution in [2.45, 2.75) is 0 Å². The lowest BCUT2D eigenvalue weighted by atomic mass is 10.5. The normalized spacial score (nSPS) is 8.57. The monoisotopic (exact) mass is 93.0 g/mol. The molecule has 0 bridgehead atoms. The van der Waals surface area contributed by atoms with Gasteiger partial charge in [0.05, 0.1) is 0 Å². The van der Waals surface area contributed by atoms with Crippen LogP contribution < -0.4 is 0 Å². The first kappa shape index (κ1) is 4.19. The van der Waals surface area contributed by atoms with Crippen molar-refractivity contribution in [1.82, 2.24) is 0 Å². The molecule has 0 unspecified atom stereocenters. The van der Waals surface area contributed by atoms with E-state index in [2.05, 4.69) is 12.8 Å². The van der Waals surface area contributed by atoms with Crippen LogP contribution in [0.4, 0.5) is 0 Å². The van der Waals surface area contributed by atoms with Gasteiger partial charge in [-0.1, -0.05) is 6.58 Å². The van der Waals surface area contributed by atoms with Crippen molar-refractivity contribution in [1.29, 1.82) is 0 Å². The van der Waals surface area contributed by atoms with Gasteiger partial charge in [0.1, 0.15) is 5.76 Å². The molecule has 0 spiro atoms. The Hall–Kier alpha value is -0.980. The van der Waals surface area contributed by atoms with E-state index < -0.39 is 0 Å². The molecule has 1 heterocycles. The molecule has 0 amide bonds. The highest BCUT2D eigenvalue weighted by molar-refractivity contribution is 5.37. The molecule has 0 saturated carbocycles. The maximum Gasteiger partial charge on any atom is 0.170 e. The summed E-state index contributed by atoms with van der Waals surface area (Å²) in [6.07, 6.45) is 4.17. The third-order valence-electron chi connectivity index (χ3n) is 0.694. The van der Waals surface area contributed by atoms with Gasteiger partial charge in [0.25, 0.3) is 0 Å². The summed E-state index contributed by atoms with van der Waals surface area (Å²) in [7, 11) is 0. The van der Waals surface area contributed by atoms with Crippen molar-refractivity contribution in [2.75, 3.05) is 0 Å². The summed E-state index contributed by atoms with van der Waals surface area (Å²) < 4.78 is 4.74. The summed E-state index contributed by atoms with van der Waals surface area (Å²) >= 11 is 0. The molecule has 35 valence electrons. The fourth-order valence-corrected chi connectivity index (χ4v) is 0.362. The molecule has 1 aromatic rings. The lowest BCUT2D eigenvalue weighted by molar-refractivity contribution is 0.548. The minimum absolute atomic E-state index is 0.764. The first-order valence-electron chi connectivity index (χ1n) is 2.02. The molecule has 1 aromatic heterocycles. The molecule has 0 aliphatic carbocycles. The van der Waals surface area contributed by atoms with E-state index in [1.54, 1.807) is 18.2 Å². The van der Waals surface area contributed by atoms with Crippen LogP contribution in [-0.2, 0) is 0 Å². The molecule has 1 radical (unpaired) electrons. The average molecular weight is 93.1 g/mol. The average Bonchev–Trinajstić information content (AvgIpc) is 2.14. The van der Waals surface area contributed by atoms with Crippen molar-refractivity contribution < 1.29 is 4.42 Å². The van der Waals surface area contributed by atoms with Gasteiger partial charge in [-0.25, -0.2) is 0 Å². The van der Waals surface area contributed by atoms with Crippen LogP contribution in [-0.4, -0.2) is 0 Å². The highest BCUT2D eigenvalue weighted by Gasteiger charge is 1.81. The number of rotatable bonds is 1. The van der Waals surface area contributed by atoms with E-state index in [9.17, 15) is 0 Å². The Kier molecular flexibility index (Phi) is 0.984. The van der Waals surface area contributed by atoms with E-state index in [1.165, 1.54) is 0 Å². The first-order valence-corrected chi connectivity index (χ1v) is 2.02. The van der Waals surface area contributed by atoms with Crippen LogP contribution >= 0.6 is 0 Å². The first-order chi connectivity index (χ1) is 3.43. The molecule has 0 aliphatic rings. The van der Waals surface area contributed by atoms with Crippen LogP contribution in [0.2, 0.25) is 0 Å². The predicted octanol–water partition coefficient (Wildman–Crippen LogP) is 1.72. The van der Waals surface area contributed by atoms with Gasteiger partial charge in [0, 0.05) is 0 Å². The molecule has 0 atom stereocenters. The minimum Gasteiger partial charge on any atom is -0.453 e. The Bertz CT molecular complexity index is 139. The molecular weight excluding hydrogens is 88.1 g/mol. The van der Waals surface area contributed by atoms with Crippen molar-refractivity contribution in [3.8, 4) is 0 Å². The van der Waals surface area contributed by atoms with Crippen molar-refractivity contribution in [2.24, 2.45) is 0 Å². The van der Waals surface area contributed by atoms with Crippen LogP contribution in [0.15, 0.2) is 23.1 Å². The molecule has 0 aromatic carbocycles. The highest BCUT2D eigenvalue weighted by atomic mass is 16.3. The Balaban J connectivity index is 2.96. The Morgan fingerprint density at radius 2 is 2.71 bits per heavy atom. The van der Waals surface area contributed by atoms with Crippen LogP contribution in [0.5, 0.6) is 0 Å². The molecule has 0 saturated heterocycles. The number of furan rings is 1. The summed E-state index contributed by atoms with van der Waals surface area (Å²) in [6, 6.07) is 3.50. The summed E-state index contributed by atoms with van der Waals surface area (Å²) in [5, 5.41) is 0. The van der Waals surface area contributed by atoms with Crippen LogP contribution in [0, 0.1) is 6.26 Å². The van der Waals surface area contributed by atoms with Crippen LogP contribution in [0.3, 0.4) is 0 Å². The van der Waals surface area contributed by atoms with E-state index in [4.69, 9.17) is 4.42 Å². The summed E-state index contributed by atoms with van der Waals surface area (Å²) in [4.78, 5) is 0. The van der Waals surface area contributed by atoms with Gasteiger partial charge in [-0.2, -0.15) is 0 Å². The molecular formula is C6H5O. The fraction of sp³-hybridized carbons (Fsp3) is 0. The second kappa shape index (κ2) is 1.65. The van der Waals surface area contributed by atoms with Crippen molar-refractivity contribution >= 4 is 6.08 Å². The largest absolute Gasteiger partial charge is 0.453 e. The van der Waals surface area contributed by atoms with E-state index in [1.807, 2.05) is 0 Å². The maximum atomic E-state index is 4.74. The third kappa shape index (κ3) is 0.712. The molecule has 7 heavy (non-hydrogen) atoms. The Morgan fingerprint density at radius 1 is 1.86 bits per heavy atom. The zero-order valence-electron chi connectivity index (χ0n) is 3.85. The van der Waals surface area contributed by atoms with Gasteiger partial charge < -0.3 is 4.42 Å². The maximum absolute atomic E-state index is 4.74. The molecule has 1 nitrogen and oxygen atoms in total. The molecule has 0 fully saturated rings. The van der Waals surface area contributed by atoms with Gasteiger partial charge >= 0.3 is 0 Å². The zero-order valence-corrected chi connectivity index (χ0v) is 3.85. The quantitative estimate of drug-likeness (QED) is 0.515. The van der Waals surface area contributed by atoms with E-state index in [0.29, 0.717) is 0 Å². The fourth-order valence-electron chi connectivity index (χ4n) is 0.362. The lowest BCUT2D eigenvalue weighted by Crippen LogP contribution is -1.50. The molecule has 0 aliphatic heterocycles. The van der Waals surface area contributed by atoms with E-state index in [-0.39, 0.29) is 0 Å². The highest BCUT2D eigenvalue weighted by Crippen LogP contribution is 1.98. The standard InChI is InChI=1S/C6H5O/c1-2-6-4-3-5-7-6/h2-4H,1H2. The lowest BCUT2D eigenvalue weighted by Gasteiger charge is -1.72. The third-order valence-corrected chi connectivity index (χ3v) is 0.694. The van der Waals surface area contributed by atoms with E-state index in [0.717, 1.165) is 5.76 Å². The molecule has 0 N–H and O–H groups in total. The van der Waals surface area contributed by atoms with E-state index >= 15 is 0 Å². The SMILES string of the molecule is C=Cc1cc[c]o1. The smallest absolute Gasteiger partial charge is 0.170 e.